The molecule has 1 aromatic carbocycles. The zero-order chi connectivity index (χ0) is 9.97. The van der Waals surface area contributed by atoms with E-state index in [4.69, 9.17) is 0 Å². The zero-order valence-electron chi connectivity index (χ0n) is 9.09. The standard InChI is InChI=1S/C14H18/c1-11-6-5-8-13(10-11)14-9-4-3-7-12(14)2/h3-4,7,9-10,13H,5-6,8H2,1-2H3. The van der Waals surface area contributed by atoms with Crippen molar-refractivity contribution in [2.75, 3.05) is 0 Å². The van der Waals surface area contributed by atoms with Gasteiger partial charge in [-0.15, -0.1) is 0 Å². The van der Waals surface area contributed by atoms with Crippen LogP contribution in [0.3, 0.4) is 0 Å². The van der Waals surface area contributed by atoms with Crippen LogP contribution in [-0.2, 0) is 0 Å². The third kappa shape index (κ3) is 1.89. The van der Waals surface area contributed by atoms with E-state index in [2.05, 4.69) is 44.2 Å². The second-order valence-corrected chi connectivity index (χ2v) is 4.37. The average Bonchev–Trinajstić information content (AvgIpc) is 2.18. The quantitative estimate of drug-likeness (QED) is 0.576. The van der Waals surface area contributed by atoms with E-state index in [-0.39, 0.29) is 0 Å². The van der Waals surface area contributed by atoms with Crippen LogP contribution in [0.25, 0.3) is 0 Å². The molecule has 2 rings (SSSR count). The molecule has 0 spiro atoms. The van der Waals surface area contributed by atoms with E-state index in [1.54, 1.807) is 5.57 Å². The molecule has 1 aliphatic rings. The predicted molar refractivity (Wildman–Crippen MR) is 61.5 cm³/mol. The molecule has 0 radical (unpaired) electrons. The number of aryl methyl sites for hydroxylation is 1. The normalized spacial score (nSPS) is 21.9. The van der Waals surface area contributed by atoms with Crippen molar-refractivity contribution >= 4 is 0 Å². The summed E-state index contributed by atoms with van der Waals surface area (Å²) in [6.45, 7) is 4.47. The fraction of sp³-hybridized carbons (Fsp3) is 0.429. The minimum Gasteiger partial charge on any atom is -0.0781 e. The first kappa shape index (κ1) is 9.51. The summed E-state index contributed by atoms with van der Waals surface area (Å²) in [6, 6.07) is 8.76. The van der Waals surface area contributed by atoms with Gasteiger partial charge in [0.2, 0.25) is 0 Å². The summed E-state index contributed by atoms with van der Waals surface area (Å²) in [6.07, 6.45) is 6.41. The van der Waals surface area contributed by atoms with Crippen molar-refractivity contribution < 1.29 is 0 Å². The second kappa shape index (κ2) is 4.00. The molecule has 0 N–H and O–H groups in total. The van der Waals surface area contributed by atoms with Gasteiger partial charge in [-0.25, -0.2) is 0 Å². The highest BCUT2D eigenvalue weighted by Crippen LogP contribution is 2.32. The first-order chi connectivity index (χ1) is 6.77. The Bertz CT molecular complexity index is 347. The first-order valence-corrected chi connectivity index (χ1v) is 5.50. The highest BCUT2D eigenvalue weighted by molar-refractivity contribution is 5.33. The fourth-order valence-electron chi connectivity index (χ4n) is 2.36. The second-order valence-electron chi connectivity index (χ2n) is 4.37. The SMILES string of the molecule is CC1=CC(c2ccccc2C)CCC1. The molecule has 0 amide bonds. The van der Waals surface area contributed by atoms with Gasteiger partial charge in [-0.1, -0.05) is 35.9 Å². The number of allylic oxidation sites excluding steroid dienone is 2. The summed E-state index contributed by atoms with van der Waals surface area (Å²) in [4.78, 5) is 0. The van der Waals surface area contributed by atoms with E-state index in [0.29, 0.717) is 5.92 Å². The molecule has 1 atom stereocenters. The molecule has 74 valence electrons. The van der Waals surface area contributed by atoms with Crippen molar-refractivity contribution in [1.82, 2.24) is 0 Å². The third-order valence-electron chi connectivity index (χ3n) is 3.16. The predicted octanol–water partition coefficient (Wildman–Crippen LogP) is 4.21. The average molecular weight is 186 g/mol. The zero-order valence-corrected chi connectivity index (χ0v) is 9.09. The molecular formula is C14H18. The van der Waals surface area contributed by atoms with Crippen LogP contribution in [0.15, 0.2) is 35.9 Å². The van der Waals surface area contributed by atoms with Crippen LogP contribution in [0, 0.1) is 6.92 Å². The molecule has 0 saturated carbocycles. The largest absolute Gasteiger partial charge is 0.0781 e. The van der Waals surface area contributed by atoms with Crippen molar-refractivity contribution in [3.05, 3.63) is 47.0 Å². The summed E-state index contributed by atoms with van der Waals surface area (Å²) in [7, 11) is 0. The van der Waals surface area contributed by atoms with E-state index in [1.807, 2.05) is 0 Å². The summed E-state index contributed by atoms with van der Waals surface area (Å²) in [5, 5.41) is 0. The van der Waals surface area contributed by atoms with Gasteiger partial charge in [0, 0.05) is 5.92 Å². The van der Waals surface area contributed by atoms with Crippen LogP contribution in [0.4, 0.5) is 0 Å². The molecule has 1 aliphatic carbocycles. The van der Waals surface area contributed by atoms with Gasteiger partial charge in [-0.3, -0.25) is 0 Å². The maximum atomic E-state index is 2.45. The number of hydrogen-bond donors (Lipinski definition) is 0. The molecular weight excluding hydrogens is 168 g/mol. The Morgan fingerprint density at radius 3 is 2.64 bits per heavy atom. The third-order valence-corrected chi connectivity index (χ3v) is 3.16. The minimum absolute atomic E-state index is 0.671. The number of benzene rings is 1. The van der Waals surface area contributed by atoms with E-state index in [9.17, 15) is 0 Å². The first-order valence-electron chi connectivity index (χ1n) is 5.50. The minimum atomic E-state index is 0.671. The van der Waals surface area contributed by atoms with Crippen molar-refractivity contribution in [3.8, 4) is 0 Å². The van der Waals surface area contributed by atoms with Crippen molar-refractivity contribution in [2.24, 2.45) is 0 Å². The van der Waals surface area contributed by atoms with Gasteiger partial charge in [-0.05, 0) is 44.2 Å². The van der Waals surface area contributed by atoms with Crippen molar-refractivity contribution in [1.29, 1.82) is 0 Å². The van der Waals surface area contributed by atoms with Gasteiger partial charge < -0.3 is 0 Å². The molecule has 1 aromatic rings. The van der Waals surface area contributed by atoms with Crippen LogP contribution in [0.5, 0.6) is 0 Å². The Balaban J connectivity index is 2.31. The van der Waals surface area contributed by atoms with E-state index < -0.39 is 0 Å². The van der Waals surface area contributed by atoms with Gasteiger partial charge in [-0.2, -0.15) is 0 Å². The molecule has 0 bridgehead atoms. The van der Waals surface area contributed by atoms with Gasteiger partial charge in [0.25, 0.3) is 0 Å². The highest BCUT2D eigenvalue weighted by atomic mass is 14.2. The summed E-state index contributed by atoms with van der Waals surface area (Å²) < 4.78 is 0. The molecule has 0 nitrogen and oxygen atoms in total. The fourth-order valence-corrected chi connectivity index (χ4v) is 2.36. The van der Waals surface area contributed by atoms with Crippen LogP contribution in [0.2, 0.25) is 0 Å². The van der Waals surface area contributed by atoms with Crippen molar-refractivity contribution in [2.45, 2.75) is 39.0 Å². The molecule has 0 heteroatoms. The number of hydrogen-bond acceptors (Lipinski definition) is 0. The Kier molecular flexibility index (Phi) is 2.72. The lowest BCUT2D eigenvalue weighted by Gasteiger charge is -2.21. The lowest BCUT2D eigenvalue weighted by atomic mass is 9.84. The maximum absolute atomic E-state index is 2.45. The molecule has 1 unspecified atom stereocenters. The van der Waals surface area contributed by atoms with Gasteiger partial charge in [0.15, 0.2) is 0 Å². The summed E-state index contributed by atoms with van der Waals surface area (Å²) in [5.41, 5.74) is 4.51. The monoisotopic (exact) mass is 186 g/mol. The topological polar surface area (TPSA) is 0 Å². The van der Waals surface area contributed by atoms with Crippen LogP contribution in [0.1, 0.15) is 43.2 Å². The van der Waals surface area contributed by atoms with Crippen molar-refractivity contribution in [3.63, 3.8) is 0 Å². The van der Waals surface area contributed by atoms with E-state index in [0.717, 1.165) is 0 Å². The number of rotatable bonds is 1. The Labute approximate surface area is 86.7 Å². The Morgan fingerprint density at radius 1 is 1.14 bits per heavy atom. The lowest BCUT2D eigenvalue weighted by molar-refractivity contribution is 0.631. The molecule has 0 heterocycles. The Hall–Kier alpha value is -1.04. The van der Waals surface area contributed by atoms with Gasteiger partial charge in [0.05, 0.1) is 0 Å². The summed E-state index contributed by atoms with van der Waals surface area (Å²) >= 11 is 0. The molecule has 0 fully saturated rings. The van der Waals surface area contributed by atoms with Crippen LogP contribution in [-0.4, -0.2) is 0 Å². The smallest absolute Gasteiger partial charge is 0.00232 e. The molecule has 0 aliphatic heterocycles. The van der Waals surface area contributed by atoms with Gasteiger partial charge in [0.1, 0.15) is 0 Å². The molecule has 14 heavy (non-hydrogen) atoms. The Morgan fingerprint density at radius 2 is 1.93 bits per heavy atom. The molecule has 0 saturated heterocycles. The van der Waals surface area contributed by atoms with E-state index in [1.165, 1.54) is 30.4 Å². The lowest BCUT2D eigenvalue weighted by Crippen LogP contribution is -2.03. The van der Waals surface area contributed by atoms with Crippen LogP contribution >= 0.6 is 0 Å². The van der Waals surface area contributed by atoms with Gasteiger partial charge >= 0.3 is 0 Å². The summed E-state index contributed by atoms with van der Waals surface area (Å²) in [5.74, 6) is 0.671. The maximum Gasteiger partial charge on any atom is 0.00232 e. The van der Waals surface area contributed by atoms with Crippen LogP contribution < -0.4 is 0 Å². The van der Waals surface area contributed by atoms with E-state index >= 15 is 0 Å². The molecule has 0 aromatic heterocycles. The highest BCUT2D eigenvalue weighted by Gasteiger charge is 2.14.